The molecule has 0 atom stereocenters. The lowest BCUT2D eigenvalue weighted by Gasteiger charge is -2.08. The lowest BCUT2D eigenvalue weighted by atomic mass is 10.1. The molecule has 0 saturated heterocycles. The molecule has 0 saturated carbocycles. The van der Waals surface area contributed by atoms with E-state index < -0.39 is 5.97 Å². The van der Waals surface area contributed by atoms with Gasteiger partial charge in [-0.1, -0.05) is 46.3 Å². The van der Waals surface area contributed by atoms with E-state index in [1.165, 1.54) is 13.2 Å². The van der Waals surface area contributed by atoms with Gasteiger partial charge >= 0.3 is 5.97 Å². The van der Waals surface area contributed by atoms with Crippen molar-refractivity contribution in [1.29, 1.82) is 0 Å². The van der Waals surface area contributed by atoms with Crippen molar-refractivity contribution in [2.75, 3.05) is 7.11 Å². The van der Waals surface area contributed by atoms with Crippen molar-refractivity contribution in [3.63, 3.8) is 0 Å². The molecule has 3 aromatic carbocycles. The number of hydrogen-bond acceptors (Lipinski definition) is 4. The molecule has 28 heavy (non-hydrogen) atoms. The summed E-state index contributed by atoms with van der Waals surface area (Å²) in [6, 6.07) is 21.0. The van der Waals surface area contributed by atoms with E-state index in [-0.39, 0.29) is 5.78 Å². The van der Waals surface area contributed by atoms with Gasteiger partial charge in [0, 0.05) is 10.0 Å². The number of carbonyl (C=O) groups excluding carboxylic acids is 2. The van der Waals surface area contributed by atoms with Gasteiger partial charge in [0.1, 0.15) is 17.1 Å². The summed E-state index contributed by atoms with van der Waals surface area (Å²) in [6.07, 6.45) is 3.18. The van der Waals surface area contributed by atoms with Crippen LogP contribution in [0, 0.1) is 0 Å². The molecule has 140 valence electrons. The van der Waals surface area contributed by atoms with Crippen LogP contribution in [0.5, 0.6) is 11.5 Å². The van der Waals surface area contributed by atoms with Gasteiger partial charge < -0.3 is 9.47 Å². The Morgan fingerprint density at radius 1 is 0.929 bits per heavy atom. The molecule has 3 rings (SSSR count). The highest BCUT2D eigenvalue weighted by Crippen LogP contribution is 2.21. The van der Waals surface area contributed by atoms with E-state index in [4.69, 9.17) is 9.47 Å². The molecule has 0 aliphatic heterocycles. The zero-order valence-electron chi connectivity index (χ0n) is 15.1. The van der Waals surface area contributed by atoms with Gasteiger partial charge in [-0.25, -0.2) is 4.79 Å². The largest absolute Gasteiger partial charge is 0.496 e. The van der Waals surface area contributed by atoms with E-state index in [2.05, 4.69) is 15.9 Å². The number of methoxy groups -OCH3 is 1. The van der Waals surface area contributed by atoms with Gasteiger partial charge in [-0.05, 0) is 60.2 Å². The zero-order chi connectivity index (χ0) is 19.9. The molecule has 0 amide bonds. The summed E-state index contributed by atoms with van der Waals surface area (Å²) < 4.78 is 11.5. The minimum absolute atomic E-state index is 0.107. The van der Waals surface area contributed by atoms with Crippen LogP contribution in [0.3, 0.4) is 0 Å². The summed E-state index contributed by atoms with van der Waals surface area (Å²) in [5.41, 5.74) is 1.69. The van der Waals surface area contributed by atoms with Gasteiger partial charge in [-0.15, -0.1) is 0 Å². The Labute approximate surface area is 171 Å². The molecule has 0 unspecified atom stereocenters. The Morgan fingerprint density at radius 2 is 1.68 bits per heavy atom. The Kier molecular flexibility index (Phi) is 6.40. The number of rotatable bonds is 6. The monoisotopic (exact) mass is 436 g/mol. The minimum atomic E-state index is -0.510. The number of benzene rings is 3. The second-order valence-electron chi connectivity index (χ2n) is 5.87. The van der Waals surface area contributed by atoms with Crippen molar-refractivity contribution < 1.29 is 19.1 Å². The van der Waals surface area contributed by atoms with Crippen LogP contribution in [0.2, 0.25) is 0 Å². The second-order valence-corrected chi connectivity index (χ2v) is 6.78. The normalized spacial score (nSPS) is 10.6. The standard InChI is InChI=1S/C23H17BrO4/c1-27-22-8-3-2-7-20(22)23(26)28-19-6-4-5-16(15-19)9-14-21(25)17-10-12-18(24)13-11-17/h2-15H,1H3/b14-9+. The van der Waals surface area contributed by atoms with Crippen LogP contribution >= 0.6 is 15.9 Å². The first-order valence-electron chi connectivity index (χ1n) is 8.50. The van der Waals surface area contributed by atoms with E-state index in [9.17, 15) is 9.59 Å². The van der Waals surface area contributed by atoms with Gasteiger partial charge in [-0.3, -0.25) is 4.79 Å². The summed E-state index contributed by atoms with van der Waals surface area (Å²) in [5, 5.41) is 0. The van der Waals surface area contributed by atoms with Gasteiger partial charge in [-0.2, -0.15) is 0 Å². The Morgan fingerprint density at radius 3 is 2.43 bits per heavy atom. The third-order valence-electron chi connectivity index (χ3n) is 3.95. The number of esters is 1. The predicted octanol–water partition coefficient (Wildman–Crippen LogP) is 5.57. The number of ketones is 1. The lowest BCUT2D eigenvalue weighted by Crippen LogP contribution is -2.10. The molecule has 0 heterocycles. The highest BCUT2D eigenvalue weighted by molar-refractivity contribution is 9.10. The van der Waals surface area contributed by atoms with E-state index >= 15 is 0 Å². The van der Waals surface area contributed by atoms with E-state index in [0.717, 1.165) is 10.0 Å². The third kappa shape index (κ3) is 4.96. The fourth-order valence-corrected chi connectivity index (χ4v) is 2.80. The summed E-state index contributed by atoms with van der Waals surface area (Å²) in [4.78, 5) is 24.7. The maximum atomic E-state index is 12.4. The van der Waals surface area contributed by atoms with E-state index in [0.29, 0.717) is 22.6 Å². The van der Waals surface area contributed by atoms with Crippen LogP contribution in [-0.2, 0) is 0 Å². The number of halogens is 1. The van der Waals surface area contributed by atoms with E-state index in [1.54, 1.807) is 60.7 Å². The molecule has 0 aromatic heterocycles. The van der Waals surface area contributed by atoms with Crippen molar-refractivity contribution >= 4 is 33.8 Å². The fraction of sp³-hybridized carbons (Fsp3) is 0.0435. The molecular formula is C23H17BrO4. The molecule has 0 aliphatic carbocycles. The molecule has 0 spiro atoms. The smallest absolute Gasteiger partial charge is 0.347 e. The first kappa shape index (κ1) is 19.6. The van der Waals surface area contributed by atoms with Gasteiger partial charge in [0.15, 0.2) is 5.78 Å². The average molecular weight is 437 g/mol. The summed E-state index contributed by atoms with van der Waals surface area (Å²) in [7, 11) is 1.50. The summed E-state index contributed by atoms with van der Waals surface area (Å²) in [6.45, 7) is 0. The van der Waals surface area contributed by atoms with Gasteiger partial charge in [0.05, 0.1) is 7.11 Å². The number of hydrogen-bond donors (Lipinski definition) is 0. The molecule has 0 aliphatic rings. The first-order chi connectivity index (χ1) is 13.6. The zero-order valence-corrected chi connectivity index (χ0v) is 16.7. The molecule has 3 aromatic rings. The molecular weight excluding hydrogens is 420 g/mol. The minimum Gasteiger partial charge on any atom is -0.496 e. The first-order valence-corrected chi connectivity index (χ1v) is 9.29. The summed E-state index contributed by atoms with van der Waals surface area (Å²) in [5.74, 6) is 0.214. The average Bonchev–Trinajstić information content (AvgIpc) is 2.72. The SMILES string of the molecule is COc1ccccc1C(=O)Oc1cccc(/C=C/C(=O)c2ccc(Br)cc2)c1. The maximum absolute atomic E-state index is 12.4. The Hall–Kier alpha value is -3.18. The summed E-state index contributed by atoms with van der Waals surface area (Å²) >= 11 is 3.35. The van der Waals surface area contributed by atoms with Crippen molar-refractivity contribution in [1.82, 2.24) is 0 Å². The van der Waals surface area contributed by atoms with Crippen molar-refractivity contribution in [2.24, 2.45) is 0 Å². The lowest BCUT2D eigenvalue weighted by molar-refractivity contribution is 0.0731. The molecule has 4 nitrogen and oxygen atoms in total. The van der Waals surface area contributed by atoms with Gasteiger partial charge in [0.25, 0.3) is 0 Å². The highest BCUT2D eigenvalue weighted by atomic mass is 79.9. The maximum Gasteiger partial charge on any atom is 0.347 e. The number of allylic oxidation sites excluding steroid dienone is 1. The Balaban J connectivity index is 1.72. The molecule has 0 N–H and O–H groups in total. The number of para-hydroxylation sites is 1. The van der Waals surface area contributed by atoms with Gasteiger partial charge in [0.2, 0.25) is 0 Å². The molecule has 0 fully saturated rings. The third-order valence-corrected chi connectivity index (χ3v) is 4.48. The molecule has 5 heteroatoms. The van der Waals surface area contributed by atoms with Crippen LogP contribution in [0.15, 0.2) is 83.3 Å². The van der Waals surface area contributed by atoms with Crippen LogP contribution in [0.25, 0.3) is 6.08 Å². The van der Waals surface area contributed by atoms with Crippen LogP contribution < -0.4 is 9.47 Å². The van der Waals surface area contributed by atoms with Crippen LogP contribution in [-0.4, -0.2) is 18.9 Å². The topological polar surface area (TPSA) is 52.6 Å². The van der Waals surface area contributed by atoms with E-state index in [1.807, 2.05) is 18.2 Å². The fourth-order valence-electron chi connectivity index (χ4n) is 2.54. The molecule has 0 bridgehead atoms. The Bertz CT molecular complexity index is 1020. The predicted molar refractivity (Wildman–Crippen MR) is 112 cm³/mol. The van der Waals surface area contributed by atoms with Crippen molar-refractivity contribution in [3.05, 3.63) is 100 Å². The molecule has 0 radical (unpaired) electrons. The quantitative estimate of drug-likeness (QED) is 0.219. The van der Waals surface area contributed by atoms with Crippen molar-refractivity contribution in [3.8, 4) is 11.5 Å². The highest BCUT2D eigenvalue weighted by Gasteiger charge is 2.14. The van der Waals surface area contributed by atoms with Crippen LogP contribution in [0.1, 0.15) is 26.3 Å². The second kappa shape index (κ2) is 9.15. The van der Waals surface area contributed by atoms with Crippen molar-refractivity contribution in [2.45, 2.75) is 0 Å². The number of ether oxygens (including phenoxy) is 2. The van der Waals surface area contributed by atoms with Crippen LogP contribution in [0.4, 0.5) is 0 Å². The number of carbonyl (C=O) groups is 2.